The molecule has 5 rings (SSSR count). The van der Waals surface area contributed by atoms with Gasteiger partial charge in [0.25, 0.3) is 5.91 Å². The molecule has 23 heavy (non-hydrogen) atoms. The molecule has 1 aromatic carbocycles. The monoisotopic (exact) mass is 333 g/mol. The molecule has 1 N–H and O–H groups in total. The molecule has 0 radical (unpaired) electrons. The molecule has 1 atom stereocenters. The van der Waals surface area contributed by atoms with Crippen molar-refractivity contribution in [3.63, 3.8) is 0 Å². The predicted octanol–water partition coefficient (Wildman–Crippen LogP) is 4.19. The normalized spacial score (nSPS) is 35.8. The van der Waals surface area contributed by atoms with Crippen molar-refractivity contribution in [1.29, 1.82) is 0 Å². The summed E-state index contributed by atoms with van der Waals surface area (Å²) >= 11 is 5.97. The first-order valence-corrected chi connectivity index (χ1v) is 9.13. The van der Waals surface area contributed by atoms with Crippen LogP contribution >= 0.6 is 11.6 Å². The summed E-state index contributed by atoms with van der Waals surface area (Å²) in [5.41, 5.74) is 0.0395. The van der Waals surface area contributed by atoms with Gasteiger partial charge in [0, 0.05) is 10.6 Å². The second-order valence-electron chi connectivity index (χ2n) is 7.90. The molecule has 124 valence electrons. The van der Waals surface area contributed by atoms with Crippen molar-refractivity contribution < 1.29 is 9.53 Å². The van der Waals surface area contributed by atoms with Gasteiger partial charge in [-0.25, -0.2) is 0 Å². The maximum atomic E-state index is 12.6. The van der Waals surface area contributed by atoms with Crippen molar-refractivity contribution in [3.05, 3.63) is 29.3 Å². The van der Waals surface area contributed by atoms with Gasteiger partial charge in [0.15, 0.2) is 6.10 Å². The summed E-state index contributed by atoms with van der Waals surface area (Å²) in [7, 11) is 0. The summed E-state index contributed by atoms with van der Waals surface area (Å²) in [6.45, 7) is 1.82. The van der Waals surface area contributed by atoms with Crippen LogP contribution in [0.3, 0.4) is 0 Å². The van der Waals surface area contributed by atoms with Gasteiger partial charge in [-0.05, 0) is 81.4 Å². The number of benzene rings is 1. The number of halogens is 1. The Morgan fingerprint density at radius 1 is 1.22 bits per heavy atom. The first-order valence-electron chi connectivity index (χ1n) is 8.76. The van der Waals surface area contributed by atoms with Gasteiger partial charge in [0.05, 0.1) is 0 Å². The molecule has 4 aliphatic rings. The van der Waals surface area contributed by atoms with Crippen molar-refractivity contribution in [2.24, 2.45) is 17.8 Å². The summed E-state index contributed by atoms with van der Waals surface area (Å²) in [5.74, 6) is 3.12. The number of carbonyl (C=O) groups is 1. The van der Waals surface area contributed by atoms with Gasteiger partial charge < -0.3 is 10.1 Å². The molecular formula is C19H24ClNO2. The predicted molar refractivity (Wildman–Crippen MR) is 90.6 cm³/mol. The van der Waals surface area contributed by atoms with E-state index < -0.39 is 6.10 Å². The molecule has 0 spiro atoms. The van der Waals surface area contributed by atoms with Crippen LogP contribution in [0.25, 0.3) is 0 Å². The van der Waals surface area contributed by atoms with Gasteiger partial charge in [-0.15, -0.1) is 0 Å². The van der Waals surface area contributed by atoms with Crippen LogP contribution in [-0.4, -0.2) is 17.6 Å². The van der Waals surface area contributed by atoms with Gasteiger partial charge in [0.2, 0.25) is 0 Å². The van der Waals surface area contributed by atoms with E-state index in [1.807, 2.05) is 19.1 Å². The molecule has 3 nitrogen and oxygen atoms in total. The first kappa shape index (κ1) is 15.3. The second kappa shape index (κ2) is 5.70. The zero-order valence-corrected chi connectivity index (χ0v) is 14.3. The topological polar surface area (TPSA) is 38.3 Å². The third-order valence-corrected chi connectivity index (χ3v) is 6.14. The van der Waals surface area contributed by atoms with Crippen molar-refractivity contribution in [2.45, 2.75) is 57.1 Å². The van der Waals surface area contributed by atoms with E-state index in [-0.39, 0.29) is 11.4 Å². The molecule has 4 fully saturated rings. The van der Waals surface area contributed by atoms with Gasteiger partial charge in [-0.3, -0.25) is 4.79 Å². The molecule has 1 aromatic rings. The highest BCUT2D eigenvalue weighted by atomic mass is 35.5. The Hall–Kier alpha value is -1.22. The fraction of sp³-hybridized carbons (Fsp3) is 0.632. The number of nitrogens with one attached hydrogen (secondary N) is 1. The Morgan fingerprint density at radius 3 is 2.39 bits per heavy atom. The summed E-state index contributed by atoms with van der Waals surface area (Å²) < 4.78 is 5.77. The molecule has 1 amide bonds. The summed E-state index contributed by atoms with van der Waals surface area (Å²) in [4.78, 5) is 12.6. The van der Waals surface area contributed by atoms with Gasteiger partial charge in [0.1, 0.15) is 5.75 Å². The quantitative estimate of drug-likeness (QED) is 0.897. The lowest BCUT2D eigenvalue weighted by Gasteiger charge is -2.57. The number of ether oxygens (including phenoxy) is 1. The third-order valence-electron chi connectivity index (χ3n) is 5.90. The SMILES string of the molecule is CC(Oc1cccc(Cl)c1)C(=O)NC12CC3CC(CC(C3)C1)C2. The van der Waals surface area contributed by atoms with Gasteiger partial charge in [-0.1, -0.05) is 17.7 Å². The lowest BCUT2D eigenvalue weighted by Crippen LogP contribution is -2.61. The molecule has 4 heteroatoms. The average molecular weight is 334 g/mol. The number of carbonyl (C=O) groups excluding carboxylic acids is 1. The minimum absolute atomic E-state index is 0.00641. The van der Waals surface area contributed by atoms with Crippen LogP contribution in [0, 0.1) is 17.8 Å². The Bertz CT molecular complexity index is 580. The zero-order chi connectivity index (χ0) is 16.0. The van der Waals surface area contributed by atoms with Crippen molar-refractivity contribution in [2.75, 3.05) is 0 Å². The van der Waals surface area contributed by atoms with Crippen LogP contribution in [-0.2, 0) is 4.79 Å². The minimum atomic E-state index is -0.499. The number of amides is 1. The van der Waals surface area contributed by atoms with Crippen molar-refractivity contribution in [3.8, 4) is 5.75 Å². The highest BCUT2D eigenvalue weighted by molar-refractivity contribution is 6.30. The van der Waals surface area contributed by atoms with E-state index in [4.69, 9.17) is 16.3 Å². The lowest BCUT2D eigenvalue weighted by atomic mass is 9.53. The van der Waals surface area contributed by atoms with Crippen molar-refractivity contribution >= 4 is 17.5 Å². The molecular weight excluding hydrogens is 310 g/mol. The Balaban J connectivity index is 1.41. The van der Waals surface area contributed by atoms with Crippen LogP contribution in [0.1, 0.15) is 45.4 Å². The molecule has 1 unspecified atom stereocenters. The van der Waals surface area contributed by atoms with E-state index in [1.54, 1.807) is 12.1 Å². The van der Waals surface area contributed by atoms with Gasteiger partial charge in [-0.2, -0.15) is 0 Å². The average Bonchev–Trinajstić information content (AvgIpc) is 2.45. The molecule has 0 saturated heterocycles. The van der Waals surface area contributed by atoms with E-state index in [0.717, 1.165) is 37.0 Å². The zero-order valence-electron chi connectivity index (χ0n) is 13.6. The van der Waals surface area contributed by atoms with Crippen LogP contribution in [0.5, 0.6) is 5.75 Å². The Kier molecular flexibility index (Phi) is 3.79. The lowest BCUT2D eigenvalue weighted by molar-refractivity contribution is -0.133. The molecule has 0 heterocycles. The Labute approximate surface area is 142 Å². The van der Waals surface area contributed by atoms with Crippen LogP contribution in [0.15, 0.2) is 24.3 Å². The van der Waals surface area contributed by atoms with Gasteiger partial charge >= 0.3 is 0 Å². The number of hydrogen-bond acceptors (Lipinski definition) is 2. The largest absolute Gasteiger partial charge is 0.481 e. The Morgan fingerprint density at radius 2 is 1.83 bits per heavy atom. The van der Waals surface area contributed by atoms with E-state index in [1.165, 1.54) is 19.3 Å². The van der Waals surface area contributed by atoms with Crippen molar-refractivity contribution in [1.82, 2.24) is 5.32 Å². The summed E-state index contributed by atoms with van der Waals surface area (Å²) in [6, 6.07) is 7.21. The molecule has 0 aliphatic heterocycles. The van der Waals surface area contributed by atoms with E-state index in [2.05, 4.69) is 5.32 Å². The fourth-order valence-corrected chi connectivity index (χ4v) is 5.60. The van der Waals surface area contributed by atoms with E-state index in [0.29, 0.717) is 10.8 Å². The number of rotatable bonds is 4. The standard InChI is InChI=1S/C19H24ClNO2/c1-12(23-17-4-2-3-16(20)8-17)18(22)21-19-9-13-5-14(10-19)7-15(6-13)11-19/h2-4,8,12-15H,5-7,9-11H2,1H3,(H,21,22). The van der Waals surface area contributed by atoms with E-state index in [9.17, 15) is 4.79 Å². The maximum Gasteiger partial charge on any atom is 0.261 e. The van der Waals surface area contributed by atoms with Crippen LogP contribution in [0.4, 0.5) is 0 Å². The molecule has 4 bridgehead atoms. The fourth-order valence-electron chi connectivity index (χ4n) is 5.42. The third kappa shape index (κ3) is 3.08. The van der Waals surface area contributed by atoms with Crippen LogP contribution < -0.4 is 10.1 Å². The molecule has 4 aliphatic carbocycles. The van der Waals surface area contributed by atoms with Crippen LogP contribution in [0.2, 0.25) is 5.02 Å². The maximum absolute atomic E-state index is 12.6. The summed E-state index contributed by atoms with van der Waals surface area (Å²) in [5, 5.41) is 3.98. The molecule has 4 saturated carbocycles. The highest BCUT2D eigenvalue weighted by Crippen LogP contribution is 2.55. The smallest absolute Gasteiger partial charge is 0.261 e. The molecule has 0 aromatic heterocycles. The second-order valence-corrected chi connectivity index (χ2v) is 8.34. The first-order chi connectivity index (χ1) is 11.0. The van der Waals surface area contributed by atoms with E-state index >= 15 is 0 Å². The minimum Gasteiger partial charge on any atom is -0.481 e. The summed E-state index contributed by atoms with van der Waals surface area (Å²) in [6.07, 6.45) is 7.12. The highest BCUT2D eigenvalue weighted by Gasteiger charge is 2.51. The number of hydrogen-bond donors (Lipinski definition) is 1.